The number of aliphatic carboxylic acids is 1. The van der Waals surface area contributed by atoms with Crippen LogP contribution in [0.4, 0.5) is 5.69 Å². The smallest absolute Gasteiger partial charge is 0.320 e. The molecule has 116 valence electrons. The van der Waals surface area contributed by atoms with E-state index in [1.807, 2.05) is 0 Å². The minimum absolute atomic E-state index is 0.0971. The number of carboxylic acids is 1. The van der Waals surface area contributed by atoms with Crippen LogP contribution < -0.4 is 5.32 Å². The second-order valence-electron chi connectivity index (χ2n) is 4.47. The molecule has 1 atom stereocenters. The summed E-state index contributed by atoms with van der Waals surface area (Å²) in [6.07, 6.45) is 0.390. The van der Waals surface area contributed by atoms with Crippen molar-refractivity contribution in [1.82, 2.24) is 4.90 Å². The summed E-state index contributed by atoms with van der Waals surface area (Å²) < 4.78 is 0. The first kappa shape index (κ1) is 18.0. The number of nitrogens with one attached hydrogen (secondary N) is 1. The first-order chi connectivity index (χ1) is 9.76. The van der Waals surface area contributed by atoms with Gasteiger partial charge in [-0.1, -0.05) is 41.7 Å². The Labute approximate surface area is 137 Å². The Kier molecular flexibility index (Phi) is 6.74. The highest BCUT2D eigenvalue weighted by Gasteiger charge is 2.22. The number of carbonyl (C=O) groups is 2. The molecule has 0 aliphatic carbocycles. The van der Waals surface area contributed by atoms with Crippen molar-refractivity contribution in [2.24, 2.45) is 0 Å². The van der Waals surface area contributed by atoms with Gasteiger partial charge in [0.05, 0.1) is 22.3 Å². The molecule has 0 spiro atoms. The van der Waals surface area contributed by atoms with Gasteiger partial charge in [-0.25, -0.2) is 0 Å². The lowest BCUT2D eigenvalue weighted by Crippen LogP contribution is -2.42. The first-order valence-electron chi connectivity index (χ1n) is 6.13. The molecule has 0 saturated carbocycles. The lowest BCUT2D eigenvalue weighted by Gasteiger charge is -2.23. The van der Waals surface area contributed by atoms with Crippen LogP contribution in [0.15, 0.2) is 12.1 Å². The van der Waals surface area contributed by atoms with Crippen LogP contribution in [0.2, 0.25) is 15.1 Å². The maximum absolute atomic E-state index is 12.0. The number of anilines is 1. The van der Waals surface area contributed by atoms with Crippen molar-refractivity contribution in [3.8, 4) is 0 Å². The maximum Gasteiger partial charge on any atom is 0.320 e. The lowest BCUT2D eigenvalue weighted by atomic mass is 10.2. The summed E-state index contributed by atoms with van der Waals surface area (Å²) in [6.45, 7) is 1.64. The highest BCUT2D eigenvalue weighted by molar-refractivity contribution is 6.42. The number of amides is 1. The number of carbonyl (C=O) groups excluding carboxylic acids is 1. The molecule has 0 aliphatic rings. The van der Waals surface area contributed by atoms with Crippen molar-refractivity contribution < 1.29 is 14.7 Å². The summed E-state index contributed by atoms with van der Waals surface area (Å²) in [5, 5.41) is 12.4. The van der Waals surface area contributed by atoms with E-state index >= 15 is 0 Å². The number of likely N-dealkylation sites (N-methyl/N-ethyl adjacent to an activating group) is 1. The zero-order chi connectivity index (χ0) is 16.2. The molecule has 1 rings (SSSR count). The number of rotatable bonds is 6. The van der Waals surface area contributed by atoms with E-state index in [2.05, 4.69) is 5.32 Å². The Morgan fingerprint density at radius 3 is 2.24 bits per heavy atom. The molecule has 0 bridgehead atoms. The molecule has 0 saturated heterocycles. The number of hydrogen-bond acceptors (Lipinski definition) is 3. The van der Waals surface area contributed by atoms with E-state index in [0.29, 0.717) is 11.4 Å². The Balaban J connectivity index is 2.77. The quantitative estimate of drug-likeness (QED) is 0.822. The van der Waals surface area contributed by atoms with E-state index in [0.717, 1.165) is 0 Å². The standard InChI is InChI=1S/C13H15Cl3N2O3/c1-3-10(13(20)21)18(2)6-11(19)17-12-8(15)4-7(14)5-9(12)16/h4-5,10H,3,6H2,1-2H3,(H,17,19)(H,20,21). The molecule has 0 fully saturated rings. The van der Waals surface area contributed by atoms with Crippen LogP contribution in [-0.4, -0.2) is 41.5 Å². The predicted molar refractivity (Wildman–Crippen MR) is 84.4 cm³/mol. The molecule has 0 radical (unpaired) electrons. The van der Waals surface area contributed by atoms with E-state index in [1.165, 1.54) is 17.0 Å². The Hall–Kier alpha value is -1.01. The van der Waals surface area contributed by atoms with Gasteiger partial charge in [0.2, 0.25) is 5.91 Å². The molecular weight excluding hydrogens is 339 g/mol. The van der Waals surface area contributed by atoms with Crippen molar-refractivity contribution >= 4 is 52.4 Å². The minimum Gasteiger partial charge on any atom is -0.480 e. The third kappa shape index (κ3) is 5.04. The van der Waals surface area contributed by atoms with Gasteiger partial charge in [-0.15, -0.1) is 0 Å². The highest BCUT2D eigenvalue weighted by Crippen LogP contribution is 2.33. The van der Waals surface area contributed by atoms with Crippen LogP contribution in [0.1, 0.15) is 13.3 Å². The van der Waals surface area contributed by atoms with Gasteiger partial charge < -0.3 is 10.4 Å². The topological polar surface area (TPSA) is 69.6 Å². The summed E-state index contributed by atoms with van der Waals surface area (Å²) in [4.78, 5) is 24.4. The van der Waals surface area contributed by atoms with E-state index in [1.54, 1.807) is 14.0 Å². The van der Waals surface area contributed by atoms with Gasteiger partial charge in [0.25, 0.3) is 0 Å². The van der Waals surface area contributed by atoms with Crippen molar-refractivity contribution in [3.63, 3.8) is 0 Å². The van der Waals surface area contributed by atoms with Crippen molar-refractivity contribution in [1.29, 1.82) is 0 Å². The number of carboxylic acid groups (broad SMARTS) is 1. The number of hydrogen-bond donors (Lipinski definition) is 2. The lowest BCUT2D eigenvalue weighted by molar-refractivity contribution is -0.143. The molecule has 0 aromatic heterocycles. The second-order valence-corrected chi connectivity index (χ2v) is 5.72. The monoisotopic (exact) mass is 352 g/mol. The fraction of sp³-hybridized carbons (Fsp3) is 0.385. The van der Waals surface area contributed by atoms with Gasteiger partial charge in [-0.3, -0.25) is 14.5 Å². The van der Waals surface area contributed by atoms with E-state index in [4.69, 9.17) is 39.9 Å². The molecule has 1 amide bonds. The number of nitrogens with zero attached hydrogens (tertiary/aromatic N) is 1. The molecule has 0 heterocycles. The van der Waals surface area contributed by atoms with E-state index in [-0.39, 0.29) is 22.3 Å². The van der Waals surface area contributed by atoms with Crippen LogP contribution in [0.3, 0.4) is 0 Å². The summed E-state index contributed by atoms with van der Waals surface area (Å²) in [5.74, 6) is -1.39. The fourth-order valence-corrected chi connectivity index (χ4v) is 2.76. The van der Waals surface area contributed by atoms with Crippen LogP contribution in [0.5, 0.6) is 0 Å². The second kappa shape index (κ2) is 7.84. The van der Waals surface area contributed by atoms with Crippen LogP contribution in [0.25, 0.3) is 0 Å². The molecule has 5 nitrogen and oxygen atoms in total. The Bertz CT molecular complexity index is 528. The van der Waals surface area contributed by atoms with Crippen molar-refractivity contribution in [3.05, 3.63) is 27.2 Å². The molecule has 1 aromatic carbocycles. The molecule has 1 unspecified atom stereocenters. The third-order valence-corrected chi connectivity index (χ3v) is 3.68. The molecule has 21 heavy (non-hydrogen) atoms. The zero-order valence-electron chi connectivity index (χ0n) is 11.5. The third-order valence-electron chi connectivity index (χ3n) is 2.87. The van der Waals surface area contributed by atoms with Crippen LogP contribution in [0, 0.1) is 0 Å². The average Bonchev–Trinajstić information content (AvgIpc) is 2.33. The first-order valence-corrected chi connectivity index (χ1v) is 7.27. The number of benzene rings is 1. The molecular formula is C13H15Cl3N2O3. The van der Waals surface area contributed by atoms with Crippen molar-refractivity contribution in [2.45, 2.75) is 19.4 Å². The average molecular weight is 354 g/mol. The summed E-state index contributed by atoms with van der Waals surface area (Å²) >= 11 is 17.7. The molecule has 0 aliphatic heterocycles. The summed E-state index contributed by atoms with van der Waals surface area (Å²) in [6, 6.07) is 2.19. The SMILES string of the molecule is CCC(C(=O)O)N(C)CC(=O)Nc1c(Cl)cc(Cl)cc1Cl. The molecule has 8 heteroatoms. The minimum atomic E-state index is -0.977. The fourth-order valence-electron chi connectivity index (χ4n) is 1.85. The summed E-state index contributed by atoms with van der Waals surface area (Å²) in [7, 11) is 1.56. The van der Waals surface area contributed by atoms with Gasteiger partial charge >= 0.3 is 5.97 Å². The van der Waals surface area contributed by atoms with Gasteiger partial charge in [0.15, 0.2) is 0 Å². The van der Waals surface area contributed by atoms with E-state index in [9.17, 15) is 9.59 Å². The molecule has 2 N–H and O–H groups in total. The van der Waals surface area contributed by atoms with Gasteiger partial charge in [-0.05, 0) is 25.6 Å². The largest absolute Gasteiger partial charge is 0.480 e. The van der Waals surface area contributed by atoms with E-state index < -0.39 is 17.9 Å². The van der Waals surface area contributed by atoms with Crippen molar-refractivity contribution in [2.75, 3.05) is 18.9 Å². The Morgan fingerprint density at radius 1 is 1.29 bits per heavy atom. The van der Waals surface area contributed by atoms with Crippen LogP contribution in [-0.2, 0) is 9.59 Å². The van der Waals surface area contributed by atoms with Gasteiger partial charge in [0.1, 0.15) is 6.04 Å². The summed E-state index contributed by atoms with van der Waals surface area (Å²) in [5.41, 5.74) is 0.254. The highest BCUT2D eigenvalue weighted by atomic mass is 35.5. The predicted octanol–water partition coefficient (Wildman–Crippen LogP) is 3.38. The normalized spacial score (nSPS) is 12.3. The Morgan fingerprint density at radius 2 is 1.81 bits per heavy atom. The molecule has 1 aromatic rings. The maximum atomic E-state index is 12.0. The van der Waals surface area contributed by atoms with Crippen LogP contribution >= 0.6 is 34.8 Å². The number of halogens is 3. The zero-order valence-corrected chi connectivity index (χ0v) is 13.8. The van der Waals surface area contributed by atoms with Gasteiger partial charge in [-0.2, -0.15) is 0 Å². The van der Waals surface area contributed by atoms with Gasteiger partial charge in [0, 0.05) is 5.02 Å².